The average Bonchev–Trinajstić information content (AvgIpc) is 2.75. The largest absolute Gasteiger partial charge is 0.494 e. The molecule has 0 spiro atoms. The molecule has 0 fully saturated rings. The minimum Gasteiger partial charge on any atom is -0.494 e. The van der Waals surface area contributed by atoms with Crippen LogP contribution in [-0.2, 0) is 0 Å². The summed E-state index contributed by atoms with van der Waals surface area (Å²) in [6.07, 6.45) is 4.63. The van der Waals surface area contributed by atoms with Crippen molar-refractivity contribution in [2.45, 2.75) is 6.92 Å². The molecule has 3 rings (SSSR count). The van der Waals surface area contributed by atoms with E-state index in [0.29, 0.717) is 11.4 Å². The fraction of sp³-hybridized carbons (Fsp3) is 0.100. The second kappa shape index (κ2) is 8.58. The summed E-state index contributed by atoms with van der Waals surface area (Å²) in [7, 11) is 1.45. The maximum atomic E-state index is 12.7. The predicted molar refractivity (Wildman–Crippen MR) is 105 cm³/mol. The Morgan fingerprint density at radius 3 is 2.69 bits per heavy atom. The zero-order chi connectivity index (χ0) is 20.8. The quantitative estimate of drug-likeness (QED) is 0.523. The van der Waals surface area contributed by atoms with Gasteiger partial charge in [0.05, 0.1) is 13.3 Å². The van der Waals surface area contributed by atoms with Gasteiger partial charge in [0.1, 0.15) is 23.1 Å². The number of hydrogen-bond donors (Lipinski definition) is 1. The first-order chi connectivity index (χ1) is 14.1. The monoisotopic (exact) mass is 388 g/mol. The molecule has 0 atom stereocenters. The van der Waals surface area contributed by atoms with Crippen LogP contribution in [0.1, 0.15) is 27.2 Å². The lowest BCUT2D eigenvalue weighted by molar-refractivity contribution is 0.0947. The molecule has 2 heterocycles. The zero-order valence-electron chi connectivity index (χ0n) is 15.7. The normalized spacial score (nSPS) is 10.5. The summed E-state index contributed by atoms with van der Waals surface area (Å²) in [6, 6.07) is 12.0. The lowest BCUT2D eigenvalue weighted by Gasteiger charge is -2.13. The Bertz CT molecular complexity index is 1180. The van der Waals surface area contributed by atoms with Gasteiger partial charge in [-0.2, -0.15) is 20.1 Å². The second-order valence-electron chi connectivity index (χ2n) is 5.83. The van der Waals surface area contributed by atoms with Gasteiger partial charge in [-0.3, -0.25) is 14.6 Å². The van der Waals surface area contributed by atoms with Crippen molar-refractivity contribution >= 4 is 12.1 Å². The molecule has 1 aromatic carbocycles. The van der Waals surface area contributed by atoms with Gasteiger partial charge in [-0.25, -0.2) is 5.43 Å². The summed E-state index contributed by atoms with van der Waals surface area (Å²) < 4.78 is 6.24. The second-order valence-corrected chi connectivity index (χ2v) is 5.83. The van der Waals surface area contributed by atoms with Crippen LogP contribution in [0.5, 0.6) is 5.75 Å². The number of pyridine rings is 1. The number of carbonyl (C=O) groups excluding carboxylic acids is 1. The van der Waals surface area contributed by atoms with E-state index in [2.05, 4.69) is 20.6 Å². The van der Waals surface area contributed by atoms with E-state index in [4.69, 9.17) is 4.74 Å². The van der Waals surface area contributed by atoms with E-state index >= 15 is 0 Å². The molecule has 2 aromatic heterocycles. The van der Waals surface area contributed by atoms with Gasteiger partial charge >= 0.3 is 0 Å². The van der Waals surface area contributed by atoms with Gasteiger partial charge in [-0.05, 0) is 36.8 Å². The van der Waals surface area contributed by atoms with E-state index in [0.717, 1.165) is 10.2 Å². The summed E-state index contributed by atoms with van der Waals surface area (Å²) in [5, 5.41) is 17.5. The van der Waals surface area contributed by atoms with Crippen molar-refractivity contribution in [1.82, 2.24) is 20.2 Å². The van der Waals surface area contributed by atoms with Crippen LogP contribution < -0.4 is 15.7 Å². The molecule has 1 amide bonds. The Labute approximate surface area is 165 Å². The number of nitriles is 1. The average molecular weight is 388 g/mol. The first-order valence-corrected chi connectivity index (χ1v) is 8.47. The Hall–Kier alpha value is -4.32. The summed E-state index contributed by atoms with van der Waals surface area (Å²) in [5.41, 5.74) is 2.64. The third-order valence-corrected chi connectivity index (χ3v) is 4.06. The Morgan fingerprint density at radius 2 is 2.00 bits per heavy atom. The highest BCUT2D eigenvalue weighted by atomic mass is 16.5. The first-order valence-electron chi connectivity index (χ1n) is 8.47. The van der Waals surface area contributed by atoms with Gasteiger partial charge in [-0.15, -0.1) is 0 Å². The van der Waals surface area contributed by atoms with Crippen molar-refractivity contribution in [3.05, 3.63) is 81.5 Å². The van der Waals surface area contributed by atoms with E-state index in [9.17, 15) is 14.9 Å². The van der Waals surface area contributed by atoms with E-state index in [1.54, 1.807) is 48.8 Å². The van der Waals surface area contributed by atoms with Gasteiger partial charge in [0.15, 0.2) is 5.69 Å². The van der Waals surface area contributed by atoms with Crippen LogP contribution in [0.15, 0.2) is 58.7 Å². The van der Waals surface area contributed by atoms with Crippen LogP contribution >= 0.6 is 0 Å². The third kappa shape index (κ3) is 4.01. The predicted octanol–water partition coefficient (Wildman–Crippen LogP) is 1.58. The molecule has 9 nitrogen and oxygen atoms in total. The number of amides is 1. The number of hydrogen-bond acceptors (Lipinski definition) is 7. The number of rotatable bonds is 5. The molecule has 0 bridgehead atoms. The molecular formula is C20H16N6O3. The molecule has 3 aromatic rings. The van der Waals surface area contributed by atoms with Gasteiger partial charge in [0.2, 0.25) is 0 Å². The smallest absolute Gasteiger partial charge is 0.292 e. The van der Waals surface area contributed by atoms with Crippen molar-refractivity contribution < 1.29 is 9.53 Å². The summed E-state index contributed by atoms with van der Waals surface area (Å²) in [4.78, 5) is 29.2. The van der Waals surface area contributed by atoms with E-state index < -0.39 is 11.5 Å². The zero-order valence-corrected chi connectivity index (χ0v) is 15.7. The molecule has 0 saturated heterocycles. The number of benzene rings is 1. The fourth-order valence-electron chi connectivity index (χ4n) is 2.59. The van der Waals surface area contributed by atoms with Crippen molar-refractivity contribution in [2.75, 3.05) is 7.11 Å². The number of nitrogens with one attached hydrogen (secondary N) is 1. The van der Waals surface area contributed by atoms with Gasteiger partial charge in [0.25, 0.3) is 11.5 Å². The molecule has 0 aliphatic heterocycles. The molecule has 0 aliphatic carbocycles. The number of nitrogens with zero attached hydrogens (tertiary/aromatic N) is 5. The third-order valence-electron chi connectivity index (χ3n) is 4.06. The first kappa shape index (κ1) is 19.4. The van der Waals surface area contributed by atoms with Crippen LogP contribution in [0, 0.1) is 18.3 Å². The number of carbonyl (C=O) groups is 1. The molecule has 29 heavy (non-hydrogen) atoms. The lowest BCUT2D eigenvalue weighted by Crippen LogP contribution is -2.31. The van der Waals surface area contributed by atoms with E-state index in [1.165, 1.54) is 20.2 Å². The molecule has 9 heteroatoms. The SMILES string of the molecule is COc1ccccc1-n1nc(C(=O)N/N=C/c2ccncc2)c(C)c(C#N)c1=O. The Morgan fingerprint density at radius 1 is 1.28 bits per heavy atom. The molecule has 0 unspecified atom stereocenters. The van der Waals surface area contributed by atoms with Crippen molar-refractivity contribution in [2.24, 2.45) is 5.10 Å². The van der Waals surface area contributed by atoms with Crippen LogP contribution in [0.2, 0.25) is 0 Å². The molecule has 0 aliphatic rings. The highest BCUT2D eigenvalue weighted by molar-refractivity contribution is 5.94. The number of aromatic nitrogens is 3. The Balaban J connectivity index is 2.03. The number of hydrazone groups is 1. The number of methoxy groups -OCH3 is 1. The van der Waals surface area contributed by atoms with Crippen LogP contribution in [-0.4, -0.2) is 34.0 Å². The minimum absolute atomic E-state index is 0.0982. The topological polar surface area (TPSA) is 122 Å². The molecule has 1 N–H and O–H groups in total. The summed E-state index contributed by atoms with van der Waals surface area (Å²) >= 11 is 0. The Kier molecular flexibility index (Phi) is 5.75. The van der Waals surface area contributed by atoms with Crippen molar-refractivity contribution in [3.8, 4) is 17.5 Å². The highest BCUT2D eigenvalue weighted by Crippen LogP contribution is 2.20. The molecule has 144 valence electrons. The fourth-order valence-corrected chi connectivity index (χ4v) is 2.59. The lowest BCUT2D eigenvalue weighted by atomic mass is 10.1. The van der Waals surface area contributed by atoms with Crippen LogP contribution in [0.3, 0.4) is 0 Å². The summed E-state index contributed by atoms with van der Waals surface area (Å²) in [6.45, 7) is 1.49. The van der Waals surface area contributed by atoms with Crippen LogP contribution in [0.25, 0.3) is 5.69 Å². The number of ether oxygens (including phenoxy) is 1. The van der Waals surface area contributed by atoms with Crippen LogP contribution in [0.4, 0.5) is 0 Å². The van der Waals surface area contributed by atoms with Gasteiger partial charge < -0.3 is 4.74 Å². The summed E-state index contributed by atoms with van der Waals surface area (Å²) in [5.74, 6) is -0.287. The minimum atomic E-state index is -0.659. The standard InChI is InChI=1S/C20H16N6O3/c1-13-15(11-21)20(28)26(16-5-3-4-6-17(16)29-2)25-18(13)19(27)24-23-12-14-7-9-22-10-8-14/h3-10,12H,1-2H3,(H,24,27)/b23-12+. The van der Waals surface area contributed by atoms with E-state index in [1.807, 2.05) is 6.07 Å². The van der Waals surface area contributed by atoms with E-state index in [-0.39, 0.29) is 16.8 Å². The number of para-hydroxylation sites is 2. The van der Waals surface area contributed by atoms with Gasteiger partial charge in [-0.1, -0.05) is 12.1 Å². The highest BCUT2D eigenvalue weighted by Gasteiger charge is 2.21. The van der Waals surface area contributed by atoms with Crippen molar-refractivity contribution in [3.63, 3.8) is 0 Å². The maximum absolute atomic E-state index is 12.7. The molecule has 0 radical (unpaired) electrons. The molecular weight excluding hydrogens is 372 g/mol. The van der Waals surface area contributed by atoms with Gasteiger partial charge in [0, 0.05) is 18.0 Å². The molecule has 0 saturated carbocycles. The maximum Gasteiger partial charge on any atom is 0.292 e. The van der Waals surface area contributed by atoms with Crippen molar-refractivity contribution in [1.29, 1.82) is 5.26 Å².